The molecule has 0 saturated heterocycles. The van der Waals surface area contributed by atoms with E-state index in [0.29, 0.717) is 6.54 Å². The number of benzene rings is 2. The number of H-pyrrole nitrogens is 1. The molecule has 0 saturated carbocycles. The van der Waals surface area contributed by atoms with Crippen molar-refractivity contribution in [3.05, 3.63) is 71.9 Å². The van der Waals surface area contributed by atoms with Crippen molar-refractivity contribution in [2.45, 2.75) is 17.4 Å². The maximum absolute atomic E-state index is 13.4. The Labute approximate surface area is 187 Å². The topological polar surface area (TPSA) is 76.7 Å². The molecule has 1 amide bonds. The first-order chi connectivity index (χ1) is 15.3. The molecule has 1 aromatic heterocycles. The van der Waals surface area contributed by atoms with Crippen molar-refractivity contribution in [1.82, 2.24) is 19.3 Å². The van der Waals surface area contributed by atoms with Crippen LogP contribution in [0.3, 0.4) is 0 Å². The SMILES string of the molecule is CN1C[C@H](C(=O)N(C)N(C)S(=O)(=O)c2ccccc2)C=C2c3cccc4[nH]cc(c34)C[C@H]21. The number of amides is 1. The number of fused-ring (bicyclic) bond motifs is 2. The van der Waals surface area contributed by atoms with Gasteiger partial charge < -0.3 is 4.98 Å². The van der Waals surface area contributed by atoms with Gasteiger partial charge in [-0.05, 0) is 48.4 Å². The lowest BCUT2D eigenvalue weighted by molar-refractivity contribution is -0.141. The van der Waals surface area contributed by atoms with Crippen LogP contribution in [-0.2, 0) is 21.2 Å². The first kappa shape index (κ1) is 20.9. The van der Waals surface area contributed by atoms with Crippen molar-refractivity contribution in [2.75, 3.05) is 27.7 Å². The third kappa shape index (κ3) is 3.18. The van der Waals surface area contributed by atoms with Crippen LogP contribution in [-0.4, -0.2) is 67.4 Å². The van der Waals surface area contributed by atoms with E-state index in [9.17, 15) is 13.2 Å². The van der Waals surface area contributed by atoms with Crippen LogP contribution < -0.4 is 0 Å². The van der Waals surface area contributed by atoms with E-state index in [1.807, 2.05) is 19.2 Å². The molecule has 32 heavy (non-hydrogen) atoms. The molecule has 0 unspecified atom stereocenters. The fourth-order valence-electron chi connectivity index (χ4n) is 4.89. The van der Waals surface area contributed by atoms with Gasteiger partial charge in [0, 0.05) is 43.8 Å². The normalized spacial score (nSPS) is 20.8. The van der Waals surface area contributed by atoms with Gasteiger partial charge in [0.15, 0.2) is 0 Å². The number of hydrazine groups is 1. The van der Waals surface area contributed by atoms with Crippen molar-refractivity contribution in [3.63, 3.8) is 0 Å². The molecule has 2 aliphatic rings. The van der Waals surface area contributed by atoms with E-state index in [1.165, 1.54) is 42.2 Å². The van der Waals surface area contributed by atoms with Crippen LogP contribution in [0.5, 0.6) is 0 Å². The largest absolute Gasteiger partial charge is 0.361 e. The Morgan fingerprint density at radius 3 is 2.59 bits per heavy atom. The summed E-state index contributed by atoms with van der Waals surface area (Å²) >= 11 is 0. The molecule has 7 nitrogen and oxygen atoms in total. The lowest BCUT2D eigenvalue weighted by Gasteiger charge is -2.40. The summed E-state index contributed by atoms with van der Waals surface area (Å²) in [5.74, 6) is -0.697. The average Bonchev–Trinajstić information content (AvgIpc) is 3.23. The van der Waals surface area contributed by atoms with Gasteiger partial charge in [0.05, 0.1) is 10.8 Å². The predicted molar refractivity (Wildman–Crippen MR) is 124 cm³/mol. The summed E-state index contributed by atoms with van der Waals surface area (Å²) in [6.45, 7) is 0.534. The molecule has 0 radical (unpaired) electrons. The minimum absolute atomic E-state index is 0.153. The summed E-state index contributed by atoms with van der Waals surface area (Å²) < 4.78 is 27.0. The summed E-state index contributed by atoms with van der Waals surface area (Å²) in [6, 6.07) is 14.6. The number of sulfonamides is 1. The minimum Gasteiger partial charge on any atom is -0.361 e. The van der Waals surface area contributed by atoms with Gasteiger partial charge in [-0.3, -0.25) is 14.7 Å². The smallest absolute Gasteiger partial charge is 0.259 e. The highest BCUT2D eigenvalue weighted by Crippen LogP contribution is 2.41. The molecule has 8 heteroatoms. The van der Waals surface area contributed by atoms with E-state index < -0.39 is 15.9 Å². The van der Waals surface area contributed by atoms with Crippen LogP contribution in [0.25, 0.3) is 16.5 Å². The molecule has 0 fully saturated rings. The Hall–Kier alpha value is -2.94. The average molecular weight is 451 g/mol. The second-order valence-electron chi connectivity index (χ2n) is 8.54. The molecule has 1 N–H and O–H groups in total. The molecule has 2 heterocycles. The van der Waals surface area contributed by atoms with Crippen molar-refractivity contribution in [2.24, 2.45) is 5.92 Å². The third-order valence-corrected chi connectivity index (χ3v) is 8.52. The van der Waals surface area contributed by atoms with Gasteiger partial charge in [-0.15, -0.1) is 4.41 Å². The maximum Gasteiger partial charge on any atom is 0.259 e. The summed E-state index contributed by atoms with van der Waals surface area (Å²) in [6.07, 6.45) is 5.00. The van der Waals surface area contributed by atoms with Crippen LogP contribution in [0, 0.1) is 5.92 Å². The summed E-state index contributed by atoms with van der Waals surface area (Å²) in [5, 5.41) is 2.43. The molecule has 2 aromatic carbocycles. The van der Waals surface area contributed by atoms with Crippen molar-refractivity contribution >= 4 is 32.4 Å². The fourth-order valence-corrected chi connectivity index (χ4v) is 6.10. The van der Waals surface area contributed by atoms with E-state index in [4.69, 9.17) is 0 Å². The second-order valence-corrected chi connectivity index (χ2v) is 10.5. The molecule has 5 rings (SSSR count). The zero-order chi connectivity index (χ0) is 22.6. The van der Waals surface area contributed by atoms with Gasteiger partial charge >= 0.3 is 0 Å². The Kier molecular flexibility index (Phi) is 4.96. The van der Waals surface area contributed by atoms with Gasteiger partial charge in [-0.1, -0.05) is 36.4 Å². The van der Waals surface area contributed by atoms with Crippen LogP contribution in [0.2, 0.25) is 0 Å². The first-order valence-electron chi connectivity index (χ1n) is 10.6. The number of aromatic nitrogens is 1. The monoisotopic (exact) mass is 450 g/mol. The van der Waals surface area contributed by atoms with Crippen molar-refractivity contribution in [3.8, 4) is 0 Å². The zero-order valence-electron chi connectivity index (χ0n) is 18.3. The number of hydrogen-bond acceptors (Lipinski definition) is 4. The number of carbonyl (C=O) groups excluding carboxylic acids is 1. The standard InChI is InChI=1S/C24H26N4O3S/c1-26-15-17(24(29)27(2)28(3)32(30,31)18-8-5-4-6-9-18)12-20-19-10-7-11-21-23(19)16(14-25-21)13-22(20)26/h4-12,14,17,22,25H,13,15H2,1-3H3/t17-,22-/m1/s1. The molecule has 0 bridgehead atoms. The van der Waals surface area contributed by atoms with E-state index in [1.54, 1.807) is 18.2 Å². The molecule has 166 valence electrons. The number of rotatable bonds is 4. The molecule has 2 atom stereocenters. The summed E-state index contributed by atoms with van der Waals surface area (Å²) in [7, 11) is 1.13. The van der Waals surface area contributed by atoms with Crippen LogP contribution in [0.1, 0.15) is 11.1 Å². The third-order valence-electron chi connectivity index (χ3n) is 6.72. The van der Waals surface area contributed by atoms with Crippen LogP contribution >= 0.6 is 0 Å². The lowest BCUT2D eigenvalue weighted by Crippen LogP contribution is -2.51. The van der Waals surface area contributed by atoms with Gasteiger partial charge in [-0.2, -0.15) is 0 Å². The number of nitrogens with one attached hydrogen (secondary N) is 1. The van der Waals surface area contributed by atoms with Crippen molar-refractivity contribution < 1.29 is 13.2 Å². The molecule has 3 aromatic rings. The highest BCUT2D eigenvalue weighted by molar-refractivity contribution is 7.89. The quantitative estimate of drug-likeness (QED) is 0.620. The van der Waals surface area contributed by atoms with Crippen LogP contribution in [0.15, 0.2) is 65.7 Å². The number of likely N-dealkylation sites (N-methyl/N-ethyl adjacent to an activating group) is 1. The number of carbonyl (C=O) groups is 1. The minimum atomic E-state index is -3.82. The zero-order valence-corrected chi connectivity index (χ0v) is 19.1. The highest BCUT2D eigenvalue weighted by Gasteiger charge is 2.38. The first-order valence-corrected chi connectivity index (χ1v) is 12.1. The summed E-state index contributed by atoms with van der Waals surface area (Å²) in [4.78, 5) is 19.1. The van der Waals surface area contributed by atoms with Gasteiger partial charge in [-0.25, -0.2) is 8.42 Å². The second kappa shape index (κ2) is 7.58. The van der Waals surface area contributed by atoms with E-state index >= 15 is 0 Å². The summed E-state index contributed by atoms with van der Waals surface area (Å²) in [5.41, 5.74) is 4.67. The lowest BCUT2D eigenvalue weighted by atomic mass is 9.80. The van der Waals surface area contributed by atoms with E-state index in [2.05, 4.69) is 28.2 Å². The Morgan fingerprint density at radius 2 is 1.84 bits per heavy atom. The number of aromatic amines is 1. The van der Waals surface area contributed by atoms with E-state index in [0.717, 1.165) is 27.5 Å². The highest BCUT2D eigenvalue weighted by atomic mass is 32.2. The van der Waals surface area contributed by atoms with E-state index in [-0.39, 0.29) is 16.8 Å². The Balaban J connectivity index is 1.48. The molecular weight excluding hydrogens is 424 g/mol. The Morgan fingerprint density at radius 1 is 1.09 bits per heavy atom. The van der Waals surface area contributed by atoms with Crippen LogP contribution in [0.4, 0.5) is 0 Å². The fraction of sp³-hybridized carbons (Fsp3) is 0.292. The number of nitrogens with zero attached hydrogens (tertiary/aromatic N) is 3. The molecule has 0 spiro atoms. The molecule has 1 aliphatic heterocycles. The number of hydrogen-bond donors (Lipinski definition) is 1. The predicted octanol–water partition coefficient (Wildman–Crippen LogP) is 2.73. The van der Waals surface area contributed by atoms with Gasteiger partial charge in [0.2, 0.25) is 5.91 Å². The molecule has 1 aliphatic carbocycles. The van der Waals surface area contributed by atoms with Crippen molar-refractivity contribution in [1.29, 1.82) is 0 Å². The molecular formula is C24H26N4O3S. The van der Waals surface area contributed by atoms with Gasteiger partial charge in [0.1, 0.15) is 0 Å². The maximum atomic E-state index is 13.4. The van der Waals surface area contributed by atoms with Gasteiger partial charge in [0.25, 0.3) is 10.0 Å². The Bertz CT molecular complexity index is 1330.